The van der Waals surface area contributed by atoms with Gasteiger partial charge in [0.2, 0.25) is 5.91 Å². The Hall–Kier alpha value is -4.16. The standard InChI is InChI=1S/C41H47FIN5O7S/c1-41(2,43)12-19-54-21-23-55-22-20-53-18-11-36(50)47-16-14-46(15-17-47)32-8-5-28(6-9-32)29-3-4-30-27-48(39(52)33(30)25-29)37(34-26-31(42)7-10-35(34)49)38(51)45-40-44-13-24-56-40/h3-10,13,24-26,37,49H,11-12,14-23,27H2,1-2H3,(H,44,45,51). The van der Waals surface area contributed by atoms with Gasteiger partial charge < -0.3 is 34.0 Å². The summed E-state index contributed by atoms with van der Waals surface area (Å²) < 4.78 is 31.4. The minimum Gasteiger partial charge on any atom is -0.508 e. The number of hydrogen-bond acceptors (Lipinski definition) is 10. The molecule has 1 atom stereocenters. The second kappa shape index (κ2) is 19.3. The van der Waals surface area contributed by atoms with Crippen molar-refractivity contribution in [2.75, 3.05) is 76.0 Å². The maximum Gasteiger partial charge on any atom is 0.255 e. The van der Waals surface area contributed by atoms with Gasteiger partial charge in [0.1, 0.15) is 17.6 Å². The third-order valence-corrected chi connectivity index (χ3v) is 10.9. The highest BCUT2D eigenvalue weighted by atomic mass is 127. The fourth-order valence-electron chi connectivity index (χ4n) is 6.62. The number of aromatic nitrogens is 1. The number of carbonyl (C=O) groups is 3. The van der Waals surface area contributed by atoms with Gasteiger partial charge in [-0.3, -0.25) is 19.7 Å². The van der Waals surface area contributed by atoms with E-state index >= 15 is 0 Å². The van der Waals surface area contributed by atoms with Crippen molar-refractivity contribution in [2.24, 2.45) is 0 Å². The Labute approximate surface area is 344 Å². The fraction of sp³-hybridized carbons (Fsp3) is 0.415. The molecule has 1 fully saturated rings. The molecule has 3 amide bonds. The van der Waals surface area contributed by atoms with Crippen LogP contribution in [-0.4, -0.2) is 107 Å². The lowest BCUT2D eigenvalue weighted by Crippen LogP contribution is -2.49. The Bertz CT molecular complexity index is 1950. The maximum atomic E-state index is 14.4. The van der Waals surface area contributed by atoms with Crippen molar-refractivity contribution >= 4 is 62.5 Å². The second-order valence-corrected chi connectivity index (χ2v) is 18.0. The molecule has 4 aromatic rings. The van der Waals surface area contributed by atoms with Gasteiger partial charge in [0.25, 0.3) is 11.8 Å². The highest BCUT2D eigenvalue weighted by Crippen LogP contribution is 2.38. The van der Waals surface area contributed by atoms with Crippen LogP contribution >= 0.6 is 33.9 Å². The number of nitrogens with zero attached hydrogens (tertiary/aromatic N) is 4. The average molecular weight is 900 g/mol. The van der Waals surface area contributed by atoms with Crippen LogP contribution in [0.4, 0.5) is 15.2 Å². The van der Waals surface area contributed by atoms with E-state index < -0.39 is 23.7 Å². The zero-order valence-electron chi connectivity index (χ0n) is 31.5. The second-order valence-electron chi connectivity index (χ2n) is 14.2. The average Bonchev–Trinajstić information content (AvgIpc) is 3.82. The molecular formula is C41H47FIN5O7S. The van der Waals surface area contributed by atoms with E-state index in [1.807, 2.05) is 41.3 Å². The number of alkyl halides is 1. The van der Waals surface area contributed by atoms with Crippen LogP contribution in [0, 0.1) is 5.82 Å². The summed E-state index contributed by atoms with van der Waals surface area (Å²) in [6.45, 7) is 10.2. The van der Waals surface area contributed by atoms with E-state index in [0.29, 0.717) is 76.3 Å². The Morgan fingerprint density at radius 3 is 2.29 bits per heavy atom. The lowest BCUT2D eigenvalue weighted by atomic mass is 10.00. The maximum absolute atomic E-state index is 14.4. The number of phenolic OH excluding ortho intramolecular Hbond substituents is 1. The summed E-state index contributed by atoms with van der Waals surface area (Å²) >= 11 is 3.62. The molecular weight excluding hydrogens is 852 g/mol. The first-order chi connectivity index (χ1) is 27.0. The monoisotopic (exact) mass is 899 g/mol. The number of hydrogen-bond donors (Lipinski definition) is 2. The van der Waals surface area contributed by atoms with E-state index in [2.05, 4.69) is 51.6 Å². The van der Waals surface area contributed by atoms with Crippen molar-refractivity contribution in [1.82, 2.24) is 14.8 Å². The van der Waals surface area contributed by atoms with Gasteiger partial charge in [-0.15, -0.1) is 11.3 Å². The van der Waals surface area contributed by atoms with Gasteiger partial charge in [0.05, 0.1) is 39.5 Å². The Balaban J connectivity index is 0.975. The van der Waals surface area contributed by atoms with Gasteiger partial charge in [-0.05, 0) is 59.5 Å². The van der Waals surface area contributed by atoms with E-state index in [9.17, 15) is 23.9 Å². The highest BCUT2D eigenvalue weighted by Gasteiger charge is 2.39. The molecule has 298 valence electrons. The summed E-state index contributed by atoms with van der Waals surface area (Å²) in [5, 5.41) is 15.4. The minimum atomic E-state index is -1.30. The number of benzene rings is 3. The molecule has 6 rings (SSSR count). The number of halogens is 2. The molecule has 0 spiro atoms. The topological polar surface area (TPSA) is 134 Å². The Morgan fingerprint density at radius 1 is 0.929 bits per heavy atom. The molecule has 0 saturated carbocycles. The number of phenols is 1. The van der Waals surface area contributed by atoms with E-state index in [4.69, 9.17) is 14.2 Å². The summed E-state index contributed by atoms with van der Waals surface area (Å²) in [7, 11) is 0. The molecule has 0 bridgehead atoms. The van der Waals surface area contributed by atoms with Gasteiger partial charge in [0.15, 0.2) is 5.13 Å². The van der Waals surface area contributed by atoms with Crippen molar-refractivity contribution in [3.05, 3.63) is 94.7 Å². The lowest BCUT2D eigenvalue weighted by Gasteiger charge is -2.36. The highest BCUT2D eigenvalue weighted by molar-refractivity contribution is 14.1. The molecule has 3 heterocycles. The summed E-state index contributed by atoms with van der Waals surface area (Å²) in [5.74, 6) is -1.88. The first-order valence-electron chi connectivity index (χ1n) is 18.6. The van der Waals surface area contributed by atoms with Crippen LogP contribution in [0.25, 0.3) is 11.1 Å². The number of thiazole rings is 1. The molecule has 1 aromatic heterocycles. The predicted molar refractivity (Wildman–Crippen MR) is 222 cm³/mol. The minimum absolute atomic E-state index is 0.0176. The predicted octanol–water partition coefficient (Wildman–Crippen LogP) is 6.68. The van der Waals surface area contributed by atoms with Crippen molar-refractivity contribution < 1.29 is 38.1 Å². The van der Waals surface area contributed by atoms with Gasteiger partial charge in [-0.2, -0.15) is 0 Å². The third-order valence-electron chi connectivity index (χ3n) is 9.69. The molecule has 3 aromatic carbocycles. The smallest absolute Gasteiger partial charge is 0.255 e. The molecule has 2 aliphatic heterocycles. The largest absolute Gasteiger partial charge is 0.508 e. The molecule has 2 aliphatic rings. The number of aromatic hydroxyl groups is 1. The number of carbonyl (C=O) groups excluding carboxylic acids is 3. The molecule has 15 heteroatoms. The number of anilines is 2. The third kappa shape index (κ3) is 11.0. The van der Waals surface area contributed by atoms with Gasteiger partial charge >= 0.3 is 0 Å². The molecule has 0 aliphatic carbocycles. The molecule has 0 radical (unpaired) electrons. The number of ether oxygens (including phenoxy) is 3. The fourth-order valence-corrected chi connectivity index (χ4v) is 7.37. The van der Waals surface area contributed by atoms with Gasteiger partial charge in [0, 0.05) is 71.1 Å². The van der Waals surface area contributed by atoms with Crippen LogP contribution in [0.5, 0.6) is 5.75 Å². The first kappa shape index (κ1) is 41.5. The van der Waals surface area contributed by atoms with Crippen molar-refractivity contribution in [2.45, 2.75) is 42.7 Å². The van der Waals surface area contributed by atoms with E-state index in [1.54, 1.807) is 11.4 Å². The number of piperazine rings is 1. The molecule has 1 saturated heterocycles. The Morgan fingerprint density at radius 2 is 1.61 bits per heavy atom. The summed E-state index contributed by atoms with van der Waals surface area (Å²) in [6.07, 6.45) is 2.86. The first-order valence-corrected chi connectivity index (χ1v) is 20.6. The normalized spacial score (nSPS) is 14.9. The molecule has 1 unspecified atom stereocenters. The van der Waals surface area contributed by atoms with Crippen LogP contribution in [0.2, 0.25) is 0 Å². The van der Waals surface area contributed by atoms with E-state index in [1.165, 1.54) is 28.5 Å². The van der Waals surface area contributed by atoms with Gasteiger partial charge in [-0.25, -0.2) is 9.37 Å². The summed E-state index contributed by atoms with van der Waals surface area (Å²) in [5.41, 5.74) is 3.90. The number of amides is 3. The lowest BCUT2D eigenvalue weighted by molar-refractivity contribution is -0.132. The number of fused-ring (bicyclic) bond motifs is 1. The SMILES string of the molecule is CC(C)(I)CCOCCOCCOCCC(=O)N1CCN(c2ccc(-c3ccc4c(c3)C(=O)N(C(C(=O)Nc3nccs3)c3cc(F)ccc3O)C4)cc2)CC1. The van der Waals surface area contributed by atoms with Crippen LogP contribution in [0.15, 0.2) is 72.2 Å². The van der Waals surface area contributed by atoms with Crippen LogP contribution < -0.4 is 10.2 Å². The van der Waals surface area contributed by atoms with Crippen LogP contribution in [0.1, 0.15) is 54.2 Å². The van der Waals surface area contributed by atoms with Crippen LogP contribution in [-0.2, 0) is 30.3 Å². The number of rotatable bonds is 18. The zero-order chi connectivity index (χ0) is 39.7. The van der Waals surface area contributed by atoms with Crippen molar-refractivity contribution in [3.63, 3.8) is 0 Å². The molecule has 2 N–H and O–H groups in total. The molecule has 56 heavy (non-hydrogen) atoms. The van der Waals surface area contributed by atoms with E-state index in [-0.39, 0.29) is 27.2 Å². The summed E-state index contributed by atoms with van der Waals surface area (Å²) in [4.78, 5) is 49.9. The van der Waals surface area contributed by atoms with Crippen LogP contribution in [0.3, 0.4) is 0 Å². The zero-order valence-corrected chi connectivity index (χ0v) is 34.5. The van der Waals surface area contributed by atoms with E-state index in [0.717, 1.165) is 47.5 Å². The van der Waals surface area contributed by atoms with Gasteiger partial charge in [-0.1, -0.05) is 60.7 Å². The number of nitrogens with one attached hydrogen (secondary N) is 1. The van der Waals surface area contributed by atoms with Crippen molar-refractivity contribution in [1.29, 1.82) is 0 Å². The molecule has 12 nitrogen and oxygen atoms in total. The summed E-state index contributed by atoms with van der Waals surface area (Å²) in [6, 6.07) is 15.7. The quantitative estimate of drug-likeness (QED) is 0.0638. The van der Waals surface area contributed by atoms with Crippen molar-refractivity contribution in [3.8, 4) is 16.9 Å². The Kier molecular flexibility index (Phi) is 14.3.